The van der Waals surface area contributed by atoms with Crippen LogP contribution in [0.5, 0.6) is 0 Å². The monoisotopic (exact) mass is 228 g/mol. The zero-order valence-corrected chi connectivity index (χ0v) is 8.78. The van der Waals surface area contributed by atoms with Gasteiger partial charge >= 0.3 is 79.3 Å². The molecule has 1 nitrogen and oxygen atoms in total. The molecule has 64 valence electrons. The summed E-state index contributed by atoms with van der Waals surface area (Å²) in [5.74, 6) is 0. The van der Waals surface area contributed by atoms with Crippen LogP contribution >= 0.6 is 0 Å². The predicted octanol–water partition coefficient (Wildman–Crippen LogP) is 1.52. The van der Waals surface area contributed by atoms with E-state index in [1.54, 1.807) is 6.26 Å². The van der Waals surface area contributed by atoms with Crippen molar-refractivity contribution in [2.75, 3.05) is 6.61 Å². The summed E-state index contributed by atoms with van der Waals surface area (Å²) in [6.45, 7) is 2.74. The van der Waals surface area contributed by atoms with Crippen LogP contribution in [-0.2, 0) is 4.74 Å². The minimum atomic E-state index is 0.413. The molecule has 0 N–H and O–H groups in total. The van der Waals surface area contributed by atoms with E-state index in [-0.39, 0.29) is 0 Å². The molecule has 0 fully saturated rings. The molecule has 0 bridgehead atoms. The summed E-state index contributed by atoms with van der Waals surface area (Å²) in [5.41, 5.74) is 0. The first-order chi connectivity index (χ1) is 5.93. The van der Waals surface area contributed by atoms with Crippen molar-refractivity contribution in [1.82, 2.24) is 0 Å². The molecule has 1 aromatic rings. The molecule has 0 aliphatic heterocycles. The van der Waals surface area contributed by atoms with Crippen LogP contribution < -0.4 is 4.46 Å². The van der Waals surface area contributed by atoms with Crippen molar-refractivity contribution in [2.45, 2.75) is 6.92 Å². The van der Waals surface area contributed by atoms with E-state index in [4.69, 9.17) is 4.74 Å². The first-order valence-corrected chi connectivity index (χ1v) is 5.76. The van der Waals surface area contributed by atoms with Crippen molar-refractivity contribution in [3.63, 3.8) is 0 Å². The Labute approximate surface area is 79.6 Å². The van der Waals surface area contributed by atoms with Gasteiger partial charge in [-0.1, -0.05) is 0 Å². The summed E-state index contributed by atoms with van der Waals surface area (Å²) in [6, 6.07) is 10.4. The van der Waals surface area contributed by atoms with E-state index in [1.165, 1.54) is 4.46 Å². The van der Waals surface area contributed by atoms with Gasteiger partial charge in [-0.15, -0.1) is 0 Å². The van der Waals surface area contributed by atoms with Crippen LogP contribution in [0.1, 0.15) is 6.92 Å². The van der Waals surface area contributed by atoms with E-state index in [0.29, 0.717) is 15.0 Å². The van der Waals surface area contributed by atoms with E-state index in [9.17, 15) is 0 Å². The SMILES string of the molecule is CCO/C=C\[Se]c1ccccc1. The van der Waals surface area contributed by atoms with Gasteiger partial charge in [0, 0.05) is 0 Å². The second-order valence-electron chi connectivity index (χ2n) is 2.16. The summed E-state index contributed by atoms with van der Waals surface area (Å²) >= 11 is 0.413. The Hall–Kier alpha value is -0.721. The normalized spacial score (nSPS) is 10.4. The molecule has 0 aliphatic carbocycles. The molecule has 0 aliphatic rings. The predicted molar refractivity (Wildman–Crippen MR) is 52.6 cm³/mol. The Morgan fingerprint density at radius 1 is 1.33 bits per heavy atom. The Balaban J connectivity index is 2.33. The number of benzene rings is 1. The van der Waals surface area contributed by atoms with Crippen LogP contribution in [0, 0.1) is 0 Å². The van der Waals surface area contributed by atoms with Crippen molar-refractivity contribution in [3.05, 3.63) is 41.6 Å². The number of ether oxygens (including phenoxy) is 1. The van der Waals surface area contributed by atoms with Crippen LogP contribution in [0.2, 0.25) is 0 Å². The quantitative estimate of drug-likeness (QED) is 0.559. The summed E-state index contributed by atoms with van der Waals surface area (Å²) in [7, 11) is 0. The minimum absolute atomic E-state index is 0.413. The van der Waals surface area contributed by atoms with Gasteiger partial charge in [-0.25, -0.2) is 0 Å². The fraction of sp³-hybridized carbons (Fsp3) is 0.200. The molecule has 12 heavy (non-hydrogen) atoms. The second-order valence-corrected chi connectivity index (χ2v) is 4.21. The first-order valence-electron chi connectivity index (χ1n) is 3.92. The van der Waals surface area contributed by atoms with Crippen molar-refractivity contribution in [1.29, 1.82) is 0 Å². The van der Waals surface area contributed by atoms with E-state index >= 15 is 0 Å². The molecule has 0 amide bonds. The molecule has 0 atom stereocenters. The van der Waals surface area contributed by atoms with Gasteiger partial charge in [-0.2, -0.15) is 0 Å². The topological polar surface area (TPSA) is 9.23 Å². The van der Waals surface area contributed by atoms with Crippen molar-refractivity contribution >= 4 is 19.4 Å². The van der Waals surface area contributed by atoms with Gasteiger partial charge in [-0.05, 0) is 0 Å². The average Bonchev–Trinajstić information content (AvgIpc) is 2.14. The zero-order chi connectivity index (χ0) is 8.65. The molecule has 0 spiro atoms. The van der Waals surface area contributed by atoms with Crippen molar-refractivity contribution in [3.8, 4) is 0 Å². The Morgan fingerprint density at radius 2 is 2.08 bits per heavy atom. The number of rotatable bonds is 4. The van der Waals surface area contributed by atoms with Gasteiger partial charge in [0.15, 0.2) is 0 Å². The molecule has 0 saturated heterocycles. The molecule has 2 heteroatoms. The van der Waals surface area contributed by atoms with Gasteiger partial charge in [0.2, 0.25) is 0 Å². The summed E-state index contributed by atoms with van der Waals surface area (Å²) < 4.78 is 6.47. The van der Waals surface area contributed by atoms with Gasteiger partial charge in [-0.3, -0.25) is 0 Å². The first kappa shape index (κ1) is 9.37. The number of hydrogen-bond donors (Lipinski definition) is 0. The fourth-order valence-corrected chi connectivity index (χ4v) is 2.01. The second kappa shape index (κ2) is 5.87. The Morgan fingerprint density at radius 3 is 2.75 bits per heavy atom. The fourth-order valence-electron chi connectivity index (χ4n) is 0.741. The summed E-state index contributed by atoms with van der Waals surface area (Å²) in [5, 5.41) is 0. The van der Waals surface area contributed by atoms with E-state index in [1.807, 2.05) is 13.0 Å². The summed E-state index contributed by atoms with van der Waals surface area (Å²) in [6.07, 6.45) is 1.78. The van der Waals surface area contributed by atoms with Crippen molar-refractivity contribution < 1.29 is 4.74 Å². The third kappa shape index (κ3) is 3.61. The molecular weight excluding hydrogens is 215 g/mol. The van der Waals surface area contributed by atoms with Crippen LogP contribution in [0.15, 0.2) is 41.6 Å². The number of hydrogen-bond acceptors (Lipinski definition) is 1. The van der Waals surface area contributed by atoms with Crippen LogP contribution in [0.25, 0.3) is 0 Å². The zero-order valence-electron chi connectivity index (χ0n) is 7.07. The molecule has 0 saturated carbocycles. The van der Waals surface area contributed by atoms with Gasteiger partial charge in [0.25, 0.3) is 0 Å². The average molecular weight is 227 g/mol. The molecule has 0 unspecified atom stereocenters. The maximum atomic E-state index is 5.09. The van der Waals surface area contributed by atoms with Crippen LogP contribution in [0.3, 0.4) is 0 Å². The molecule has 0 radical (unpaired) electrons. The standard InChI is InChI=1S/C10H12OSe/c1-2-11-8-9-12-10-6-4-3-5-7-10/h3-9H,2H2,1H3/b9-8-. The molecule has 0 aromatic heterocycles. The Kier molecular flexibility index (Phi) is 4.58. The van der Waals surface area contributed by atoms with E-state index in [2.05, 4.69) is 29.2 Å². The molecule has 0 heterocycles. The maximum absolute atomic E-state index is 5.09. The van der Waals surface area contributed by atoms with Gasteiger partial charge < -0.3 is 0 Å². The van der Waals surface area contributed by atoms with Gasteiger partial charge in [0.05, 0.1) is 0 Å². The van der Waals surface area contributed by atoms with Crippen molar-refractivity contribution in [2.24, 2.45) is 0 Å². The summed E-state index contributed by atoms with van der Waals surface area (Å²) in [4.78, 5) is 2.09. The van der Waals surface area contributed by atoms with Crippen LogP contribution in [0.4, 0.5) is 0 Å². The molecule has 1 rings (SSSR count). The molecular formula is C10H12OSe. The third-order valence-corrected chi connectivity index (χ3v) is 2.93. The third-order valence-electron chi connectivity index (χ3n) is 1.27. The van der Waals surface area contributed by atoms with Crippen LogP contribution in [-0.4, -0.2) is 21.6 Å². The molecule has 1 aromatic carbocycles. The van der Waals surface area contributed by atoms with E-state index in [0.717, 1.165) is 6.61 Å². The van der Waals surface area contributed by atoms with E-state index < -0.39 is 0 Å². The van der Waals surface area contributed by atoms with Gasteiger partial charge in [0.1, 0.15) is 0 Å². The Bertz CT molecular complexity index is 231.